The Morgan fingerprint density at radius 2 is 2.05 bits per heavy atom. The highest BCUT2D eigenvalue weighted by Gasteiger charge is 2.19. The second-order valence-corrected chi connectivity index (χ2v) is 7.08. The molecule has 0 fully saturated rings. The zero-order valence-corrected chi connectivity index (χ0v) is 13.6. The van der Waals surface area contributed by atoms with Crippen molar-refractivity contribution in [1.82, 2.24) is 4.98 Å². The average molecular weight is 377 g/mol. The second-order valence-electron chi connectivity index (χ2n) is 4.11. The highest BCUT2D eigenvalue weighted by Crippen LogP contribution is 2.25. The maximum Gasteiger partial charge on any atom is 0.265 e. The van der Waals surface area contributed by atoms with Crippen LogP contribution in [0.3, 0.4) is 0 Å². The van der Waals surface area contributed by atoms with E-state index in [-0.39, 0.29) is 10.7 Å². The van der Waals surface area contributed by atoms with Gasteiger partial charge in [-0.3, -0.25) is 4.72 Å². The molecule has 0 aliphatic carbocycles. The molecule has 1 aromatic carbocycles. The number of aromatic nitrogens is 1. The van der Waals surface area contributed by atoms with Gasteiger partial charge in [0.1, 0.15) is 10.7 Å². The van der Waals surface area contributed by atoms with Crippen molar-refractivity contribution >= 4 is 49.1 Å². The molecule has 8 heteroatoms. The van der Waals surface area contributed by atoms with Crippen LogP contribution < -0.4 is 10.5 Å². The number of rotatable bonds is 3. The summed E-state index contributed by atoms with van der Waals surface area (Å²) in [5, 5.41) is 0.477. The van der Waals surface area contributed by atoms with Crippen LogP contribution in [0.2, 0.25) is 5.02 Å². The van der Waals surface area contributed by atoms with E-state index in [1.165, 1.54) is 18.3 Å². The molecule has 5 nitrogen and oxygen atoms in total. The number of nitrogens with one attached hydrogen (secondary N) is 1. The quantitative estimate of drug-likeness (QED) is 0.861. The van der Waals surface area contributed by atoms with Gasteiger partial charge in [-0.2, -0.15) is 0 Å². The Balaban J connectivity index is 2.40. The van der Waals surface area contributed by atoms with E-state index in [1.807, 2.05) is 6.92 Å². The van der Waals surface area contributed by atoms with E-state index in [2.05, 4.69) is 25.6 Å². The number of sulfonamides is 1. The maximum atomic E-state index is 12.3. The molecule has 2 rings (SSSR count). The second kappa shape index (κ2) is 5.59. The fourth-order valence-corrected chi connectivity index (χ4v) is 3.33. The number of nitrogen functional groups attached to an aromatic ring is 1. The smallest absolute Gasteiger partial charge is 0.265 e. The van der Waals surface area contributed by atoms with Gasteiger partial charge in [0, 0.05) is 15.7 Å². The summed E-state index contributed by atoms with van der Waals surface area (Å²) in [7, 11) is -3.82. The fourth-order valence-electron chi connectivity index (χ4n) is 1.51. The minimum absolute atomic E-state index is 0.0705. The third-order valence-electron chi connectivity index (χ3n) is 2.56. The average Bonchev–Trinajstić information content (AvgIpc) is 2.36. The Bertz CT molecular complexity index is 765. The predicted molar refractivity (Wildman–Crippen MR) is 83.3 cm³/mol. The van der Waals surface area contributed by atoms with Crippen molar-refractivity contribution < 1.29 is 8.42 Å². The lowest BCUT2D eigenvalue weighted by Crippen LogP contribution is -2.15. The molecule has 0 aliphatic heterocycles. The third kappa shape index (κ3) is 3.23. The number of aryl methyl sites for hydroxylation is 1. The van der Waals surface area contributed by atoms with Crippen molar-refractivity contribution in [3.05, 3.63) is 45.5 Å². The third-order valence-corrected chi connectivity index (χ3v) is 4.81. The first-order chi connectivity index (χ1) is 9.29. The minimum atomic E-state index is -3.82. The number of pyridine rings is 1. The molecule has 0 atom stereocenters. The number of nitrogens with zero attached hydrogens (tertiary/aromatic N) is 1. The summed E-state index contributed by atoms with van der Waals surface area (Å²) in [6.07, 6.45) is 1.43. The molecule has 106 valence electrons. The first kappa shape index (κ1) is 15.1. The fraction of sp³-hybridized carbons (Fsp3) is 0.0833. The molecule has 20 heavy (non-hydrogen) atoms. The van der Waals surface area contributed by atoms with Gasteiger partial charge in [0.25, 0.3) is 10.0 Å². The van der Waals surface area contributed by atoms with Crippen molar-refractivity contribution in [2.24, 2.45) is 0 Å². The van der Waals surface area contributed by atoms with Gasteiger partial charge in [0.05, 0.1) is 5.69 Å². The van der Waals surface area contributed by atoms with Crippen LogP contribution in [0.5, 0.6) is 0 Å². The molecule has 2 aromatic rings. The number of benzene rings is 1. The molecule has 0 saturated heterocycles. The van der Waals surface area contributed by atoms with Crippen molar-refractivity contribution in [2.75, 3.05) is 10.5 Å². The lowest BCUT2D eigenvalue weighted by molar-refractivity contribution is 0.601. The zero-order chi connectivity index (χ0) is 14.9. The van der Waals surface area contributed by atoms with Gasteiger partial charge in [-0.1, -0.05) is 17.7 Å². The van der Waals surface area contributed by atoms with Crippen LogP contribution in [0.1, 0.15) is 5.56 Å². The number of hydrogen-bond acceptors (Lipinski definition) is 4. The summed E-state index contributed by atoms with van der Waals surface area (Å²) in [5.74, 6) is -0.0705. The van der Waals surface area contributed by atoms with Gasteiger partial charge in [-0.15, -0.1) is 0 Å². The maximum absolute atomic E-state index is 12.3. The molecule has 0 amide bonds. The van der Waals surface area contributed by atoms with E-state index in [9.17, 15) is 8.42 Å². The van der Waals surface area contributed by atoms with Crippen LogP contribution in [-0.2, 0) is 10.0 Å². The molecule has 1 aromatic heterocycles. The normalized spacial score (nSPS) is 11.3. The zero-order valence-electron chi connectivity index (χ0n) is 10.4. The summed E-state index contributed by atoms with van der Waals surface area (Å²) in [5.41, 5.74) is 6.83. The molecule has 0 saturated carbocycles. The van der Waals surface area contributed by atoms with Gasteiger partial charge < -0.3 is 5.73 Å². The Hall–Kier alpha value is -1.31. The first-order valence-electron chi connectivity index (χ1n) is 5.49. The lowest BCUT2D eigenvalue weighted by Gasteiger charge is -2.10. The van der Waals surface area contributed by atoms with E-state index in [4.69, 9.17) is 17.3 Å². The molecule has 1 heterocycles. The number of halogens is 2. The predicted octanol–water partition coefficient (Wildman–Crippen LogP) is 3.19. The van der Waals surface area contributed by atoms with Crippen molar-refractivity contribution in [1.29, 1.82) is 0 Å². The minimum Gasteiger partial charge on any atom is -0.383 e. The van der Waals surface area contributed by atoms with Gasteiger partial charge in [-0.25, -0.2) is 13.4 Å². The highest BCUT2D eigenvalue weighted by atomic mass is 79.9. The van der Waals surface area contributed by atoms with Gasteiger partial charge in [-0.05, 0) is 46.6 Å². The van der Waals surface area contributed by atoms with E-state index < -0.39 is 10.0 Å². The van der Waals surface area contributed by atoms with E-state index in [1.54, 1.807) is 12.1 Å². The molecule has 0 bridgehead atoms. The largest absolute Gasteiger partial charge is 0.383 e. The molecule has 0 unspecified atom stereocenters. The molecule has 0 spiro atoms. The number of anilines is 2. The molecule has 0 aliphatic rings. The van der Waals surface area contributed by atoms with Crippen molar-refractivity contribution in [2.45, 2.75) is 11.8 Å². The van der Waals surface area contributed by atoms with Crippen molar-refractivity contribution in [3.8, 4) is 0 Å². The topological polar surface area (TPSA) is 85.1 Å². The summed E-state index contributed by atoms with van der Waals surface area (Å²) in [6.45, 7) is 1.83. The molecule has 0 radical (unpaired) electrons. The Kier molecular flexibility index (Phi) is 4.22. The molecular weight excluding hydrogens is 366 g/mol. The van der Waals surface area contributed by atoms with Crippen LogP contribution in [-0.4, -0.2) is 13.4 Å². The van der Waals surface area contributed by atoms with E-state index >= 15 is 0 Å². The van der Waals surface area contributed by atoms with Gasteiger partial charge >= 0.3 is 0 Å². The van der Waals surface area contributed by atoms with Crippen LogP contribution in [0.25, 0.3) is 0 Å². The number of hydrogen-bond donors (Lipinski definition) is 2. The summed E-state index contributed by atoms with van der Waals surface area (Å²) in [4.78, 5) is 3.71. The number of nitrogens with two attached hydrogens (primary N) is 1. The van der Waals surface area contributed by atoms with Gasteiger partial charge in [0.2, 0.25) is 0 Å². The monoisotopic (exact) mass is 375 g/mol. The Labute approximate surface area is 130 Å². The van der Waals surface area contributed by atoms with Crippen LogP contribution >= 0.6 is 27.5 Å². The van der Waals surface area contributed by atoms with Crippen LogP contribution in [0, 0.1) is 6.92 Å². The standard InChI is InChI=1S/C12H11BrClN3O2S/c1-7-2-3-9(5-10(7)14)17-20(18,19)11-4-8(13)6-16-12(11)15/h2-6,17H,1H3,(H2,15,16). The Morgan fingerprint density at radius 3 is 2.70 bits per heavy atom. The first-order valence-corrected chi connectivity index (χ1v) is 8.15. The summed E-state index contributed by atoms with van der Waals surface area (Å²) < 4.78 is 27.5. The molecule has 3 N–H and O–H groups in total. The van der Waals surface area contributed by atoms with Gasteiger partial charge in [0.15, 0.2) is 0 Å². The summed E-state index contributed by atoms with van der Waals surface area (Å²) in [6, 6.07) is 6.28. The van der Waals surface area contributed by atoms with E-state index in [0.29, 0.717) is 15.2 Å². The lowest BCUT2D eigenvalue weighted by atomic mass is 10.2. The SMILES string of the molecule is Cc1ccc(NS(=O)(=O)c2cc(Br)cnc2N)cc1Cl. The summed E-state index contributed by atoms with van der Waals surface area (Å²) >= 11 is 9.13. The Morgan fingerprint density at radius 1 is 1.35 bits per heavy atom. The highest BCUT2D eigenvalue weighted by molar-refractivity contribution is 9.10. The van der Waals surface area contributed by atoms with Crippen LogP contribution in [0.15, 0.2) is 39.8 Å². The molecular formula is C12H11BrClN3O2S. The van der Waals surface area contributed by atoms with Crippen LogP contribution in [0.4, 0.5) is 11.5 Å². The van der Waals surface area contributed by atoms with E-state index in [0.717, 1.165) is 5.56 Å². The van der Waals surface area contributed by atoms with Crippen molar-refractivity contribution in [3.63, 3.8) is 0 Å².